The molecule has 16 heavy (non-hydrogen) atoms. The van der Waals surface area contributed by atoms with Crippen molar-refractivity contribution in [3.05, 3.63) is 6.07 Å². The van der Waals surface area contributed by atoms with Crippen LogP contribution in [-0.4, -0.2) is 41.3 Å². The summed E-state index contributed by atoms with van der Waals surface area (Å²) >= 11 is 0. The third-order valence-corrected chi connectivity index (χ3v) is 2.24. The summed E-state index contributed by atoms with van der Waals surface area (Å²) in [5.41, 5.74) is 5.62. The number of hydrogen-bond donors (Lipinski definition) is 3. The summed E-state index contributed by atoms with van der Waals surface area (Å²) in [5.74, 6) is 1.62. The molecule has 0 aliphatic carbocycles. The highest BCUT2D eigenvalue weighted by Gasteiger charge is 2.13. The van der Waals surface area contributed by atoms with Gasteiger partial charge in [-0.1, -0.05) is 0 Å². The van der Waals surface area contributed by atoms with Crippen LogP contribution < -0.4 is 16.0 Å². The van der Waals surface area contributed by atoms with Gasteiger partial charge in [-0.25, -0.2) is 0 Å². The molecule has 0 saturated heterocycles. The standard InChI is InChI=1S/C10H19N5O/c1-7(2)15(4-5-16)9-6-8(12-3)13-10(11)14-9/h6-7,16H,4-5H2,1-3H3,(H3,11,12,13,14). The molecule has 0 amide bonds. The quantitative estimate of drug-likeness (QED) is 0.668. The van der Waals surface area contributed by atoms with Crippen LogP contribution in [0.4, 0.5) is 17.6 Å². The normalized spacial score (nSPS) is 10.6. The van der Waals surface area contributed by atoms with Crippen LogP contribution in [0.2, 0.25) is 0 Å². The summed E-state index contributed by atoms with van der Waals surface area (Å²) < 4.78 is 0. The molecule has 1 rings (SSSR count). The predicted octanol–water partition coefficient (Wildman–Crippen LogP) is 0.308. The first kappa shape index (κ1) is 12.5. The SMILES string of the molecule is CNc1cc(N(CCO)C(C)C)nc(N)n1. The minimum absolute atomic E-state index is 0.0803. The van der Waals surface area contributed by atoms with Gasteiger partial charge < -0.3 is 21.1 Å². The number of nitrogens with zero attached hydrogens (tertiary/aromatic N) is 3. The van der Waals surface area contributed by atoms with Gasteiger partial charge in [0.1, 0.15) is 11.6 Å². The van der Waals surface area contributed by atoms with E-state index in [-0.39, 0.29) is 18.6 Å². The molecule has 0 aliphatic heterocycles. The first-order chi connectivity index (χ1) is 7.58. The van der Waals surface area contributed by atoms with Crippen molar-refractivity contribution in [2.75, 3.05) is 36.1 Å². The van der Waals surface area contributed by atoms with E-state index in [0.29, 0.717) is 12.4 Å². The predicted molar refractivity (Wildman–Crippen MR) is 65.6 cm³/mol. The number of nitrogens with two attached hydrogens (primary N) is 1. The molecular formula is C10H19N5O. The van der Waals surface area contributed by atoms with Crippen molar-refractivity contribution in [3.63, 3.8) is 0 Å². The molecule has 0 atom stereocenters. The number of hydrogen-bond acceptors (Lipinski definition) is 6. The molecule has 0 unspecified atom stereocenters. The Morgan fingerprint density at radius 3 is 2.69 bits per heavy atom. The Hall–Kier alpha value is -1.56. The lowest BCUT2D eigenvalue weighted by Gasteiger charge is -2.27. The maximum Gasteiger partial charge on any atom is 0.223 e. The molecule has 4 N–H and O–H groups in total. The van der Waals surface area contributed by atoms with Gasteiger partial charge in [0.05, 0.1) is 6.61 Å². The van der Waals surface area contributed by atoms with Crippen LogP contribution in [-0.2, 0) is 0 Å². The number of anilines is 3. The maximum atomic E-state index is 9.01. The van der Waals surface area contributed by atoms with Crippen molar-refractivity contribution in [1.82, 2.24) is 9.97 Å². The number of rotatable bonds is 5. The Balaban J connectivity index is 3.03. The number of aromatic nitrogens is 2. The lowest BCUT2D eigenvalue weighted by molar-refractivity contribution is 0.298. The fraction of sp³-hybridized carbons (Fsp3) is 0.600. The van der Waals surface area contributed by atoms with Gasteiger partial charge in [-0.05, 0) is 13.8 Å². The van der Waals surface area contributed by atoms with Gasteiger partial charge in [0, 0.05) is 25.7 Å². The van der Waals surface area contributed by atoms with E-state index in [1.807, 2.05) is 24.8 Å². The molecule has 0 spiro atoms. The van der Waals surface area contributed by atoms with E-state index in [9.17, 15) is 0 Å². The third kappa shape index (κ3) is 2.96. The number of aliphatic hydroxyl groups excluding tert-OH is 1. The van der Waals surface area contributed by atoms with Crippen LogP contribution in [0.1, 0.15) is 13.8 Å². The van der Waals surface area contributed by atoms with Crippen molar-refractivity contribution in [2.45, 2.75) is 19.9 Å². The molecule has 0 aliphatic rings. The van der Waals surface area contributed by atoms with Crippen LogP contribution in [0.3, 0.4) is 0 Å². The monoisotopic (exact) mass is 225 g/mol. The summed E-state index contributed by atoms with van der Waals surface area (Å²) in [5, 5.41) is 11.9. The zero-order chi connectivity index (χ0) is 12.1. The molecule has 6 nitrogen and oxygen atoms in total. The van der Waals surface area contributed by atoms with Gasteiger partial charge in [0.15, 0.2) is 0 Å². The van der Waals surface area contributed by atoms with Gasteiger partial charge in [-0.2, -0.15) is 9.97 Å². The third-order valence-electron chi connectivity index (χ3n) is 2.24. The minimum atomic E-state index is 0.0803. The first-order valence-corrected chi connectivity index (χ1v) is 5.28. The van der Waals surface area contributed by atoms with Crippen LogP contribution in [0, 0.1) is 0 Å². The van der Waals surface area contributed by atoms with Gasteiger partial charge in [-0.15, -0.1) is 0 Å². The smallest absolute Gasteiger partial charge is 0.223 e. The molecule has 6 heteroatoms. The maximum absolute atomic E-state index is 9.01. The number of nitrogens with one attached hydrogen (secondary N) is 1. The van der Waals surface area contributed by atoms with E-state index in [2.05, 4.69) is 15.3 Å². The van der Waals surface area contributed by atoms with E-state index in [1.54, 1.807) is 7.05 Å². The highest BCUT2D eigenvalue weighted by atomic mass is 16.3. The number of nitrogen functional groups attached to an aromatic ring is 1. The van der Waals surface area contributed by atoms with Crippen molar-refractivity contribution < 1.29 is 5.11 Å². The average Bonchev–Trinajstić information content (AvgIpc) is 2.24. The molecule has 90 valence electrons. The topological polar surface area (TPSA) is 87.3 Å². The summed E-state index contributed by atoms with van der Waals surface area (Å²) in [6.07, 6.45) is 0. The van der Waals surface area contributed by atoms with Crippen molar-refractivity contribution in [3.8, 4) is 0 Å². The van der Waals surface area contributed by atoms with Crippen LogP contribution in [0.15, 0.2) is 6.07 Å². The van der Waals surface area contributed by atoms with E-state index in [1.165, 1.54) is 0 Å². The molecule has 0 saturated carbocycles. The zero-order valence-electron chi connectivity index (χ0n) is 9.94. The van der Waals surface area contributed by atoms with E-state index in [0.717, 1.165) is 5.82 Å². The molecular weight excluding hydrogens is 206 g/mol. The lowest BCUT2D eigenvalue weighted by atomic mass is 10.3. The molecule has 0 radical (unpaired) electrons. The van der Waals surface area contributed by atoms with E-state index < -0.39 is 0 Å². The largest absolute Gasteiger partial charge is 0.395 e. The summed E-state index contributed by atoms with van der Waals surface area (Å²) in [6.45, 7) is 4.67. The van der Waals surface area contributed by atoms with Crippen LogP contribution >= 0.6 is 0 Å². The van der Waals surface area contributed by atoms with Gasteiger partial charge in [0.2, 0.25) is 5.95 Å². The molecule has 0 bridgehead atoms. The summed E-state index contributed by atoms with van der Waals surface area (Å²) in [7, 11) is 1.78. The van der Waals surface area contributed by atoms with Crippen molar-refractivity contribution in [2.24, 2.45) is 0 Å². The number of aliphatic hydroxyl groups is 1. The van der Waals surface area contributed by atoms with Gasteiger partial charge in [-0.3, -0.25) is 0 Å². The average molecular weight is 225 g/mol. The summed E-state index contributed by atoms with van der Waals surface area (Å²) in [4.78, 5) is 10.2. The van der Waals surface area contributed by atoms with Gasteiger partial charge >= 0.3 is 0 Å². The molecule has 0 fully saturated rings. The Labute approximate surface area is 95.5 Å². The molecule has 1 aromatic rings. The summed E-state index contributed by atoms with van der Waals surface area (Å²) in [6, 6.07) is 2.05. The molecule has 0 aromatic carbocycles. The first-order valence-electron chi connectivity index (χ1n) is 5.28. The Morgan fingerprint density at radius 2 is 2.19 bits per heavy atom. The Kier molecular flexibility index (Phi) is 4.30. The van der Waals surface area contributed by atoms with Gasteiger partial charge in [0.25, 0.3) is 0 Å². The van der Waals surface area contributed by atoms with Crippen molar-refractivity contribution >= 4 is 17.6 Å². The molecule has 1 heterocycles. The fourth-order valence-corrected chi connectivity index (χ4v) is 1.47. The minimum Gasteiger partial charge on any atom is -0.395 e. The van der Waals surface area contributed by atoms with E-state index >= 15 is 0 Å². The lowest BCUT2D eigenvalue weighted by Crippen LogP contribution is -2.34. The van der Waals surface area contributed by atoms with Crippen LogP contribution in [0.5, 0.6) is 0 Å². The highest BCUT2D eigenvalue weighted by molar-refractivity contribution is 5.52. The fourth-order valence-electron chi connectivity index (χ4n) is 1.47. The second kappa shape index (κ2) is 5.50. The Morgan fingerprint density at radius 1 is 1.50 bits per heavy atom. The zero-order valence-corrected chi connectivity index (χ0v) is 9.94. The Bertz CT molecular complexity index is 342. The molecule has 1 aromatic heterocycles. The second-order valence-electron chi connectivity index (χ2n) is 3.73. The second-order valence-corrected chi connectivity index (χ2v) is 3.73. The highest BCUT2D eigenvalue weighted by Crippen LogP contribution is 2.18. The van der Waals surface area contributed by atoms with Crippen LogP contribution in [0.25, 0.3) is 0 Å². The van der Waals surface area contributed by atoms with E-state index in [4.69, 9.17) is 10.8 Å². The van der Waals surface area contributed by atoms with Crippen molar-refractivity contribution in [1.29, 1.82) is 0 Å².